The highest BCUT2D eigenvalue weighted by atomic mass is 79.9. The largest absolute Gasteiger partial charge is 0.266 e. The minimum atomic E-state index is 0.567. The van der Waals surface area contributed by atoms with E-state index >= 15 is 0 Å². The molecular weight excluding hydrogens is 240 g/mol. The predicted molar refractivity (Wildman–Crippen MR) is 63.9 cm³/mol. The van der Waals surface area contributed by atoms with E-state index in [0.717, 1.165) is 24.6 Å². The number of rotatable bonds is 5. The molecule has 14 heavy (non-hydrogen) atoms. The molecule has 80 valence electrons. The second-order valence-electron chi connectivity index (χ2n) is 3.52. The summed E-state index contributed by atoms with van der Waals surface area (Å²) in [7, 11) is 0. The third kappa shape index (κ3) is 2.19. The molecule has 0 aliphatic heterocycles. The standard InChI is InChI=1S/C11H19BrN2/c1-4-10(5-2)14-11(6-3)9(7-12)8-13-14/h8,10H,4-7H2,1-3H3. The van der Waals surface area contributed by atoms with Crippen LogP contribution in [0.4, 0.5) is 0 Å². The minimum absolute atomic E-state index is 0.567. The summed E-state index contributed by atoms with van der Waals surface area (Å²) < 4.78 is 2.20. The van der Waals surface area contributed by atoms with E-state index in [0.29, 0.717) is 6.04 Å². The zero-order valence-corrected chi connectivity index (χ0v) is 10.8. The van der Waals surface area contributed by atoms with Crippen molar-refractivity contribution in [3.05, 3.63) is 17.5 Å². The van der Waals surface area contributed by atoms with Gasteiger partial charge in [0.05, 0.1) is 12.2 Å². The van der Waals surface area contributed by atoms with E-state index in [1.165, 1.54) is 11.3 Å². The van der Waals surface area contributed by atoms with Gasteiger partial charge < -0.3 is 0 Å². The molecule has 0 aromatic carbocycles. The van der Waals surface area contributed by atoms with Crippen LogP contribution in [0, 0.1) is 0 Å². The predicted octanol–water partition coefficient (Wildman–Crippen LogP) is 3.70. The van der Waals surface area contributed by atoms with Crippen molar-refractivity contribution in [2.45, 2.75) is 51.4 Å². The Kier molecular flexibility index (Phi) is 4.66. The van der Waals surface area contributed by atoms with Gasteiger partial charge in [0.15, 0.2) is 0 Å². The van der Waals surface area contributed by atoms with Crippen molar-refractivity contribution in [1.82, 2.24) is 9.78 Å². The Morgan fingerprint density at radius 1 is 1.36 bits per heavy atom. The van der Waals surface area contributed by atoms with Gasteiger partial charge in [0.1, 0.15) is 0 Å². The van der Waals surface area contributed by atoms with Crippen molar-refractivity contribution < 1.29 is 0 Å². The molecule has 0 N–H and O–H groups in total. The summed E-state index contributed by atoms with van der Waals surface area (Å²) in [6.07, 6.45) is 5.38. The highest BCUT2D eigenvalue weighted by Crippen LogP contribution is 2.21. The molecule has 0 unspecified atom stereocenters. The summed E-state index contributed by atoms with van der Waals surface area (Å²) in [5, 5.41) is 5.40. The highest BCUT2D eigenvalue weighted by Gasteiger charge is 2.13. The van der Waals surface area contributed by atoms with Gasteiger partial charge in [-0.2, -0.15) is 5.10 Å². The van der Waals surface area contributed by atoms with Crippen molar-refractivity contribution in [2.24, 2.45) is 0 Å². The maximum Gasteiger partial charge on any atom is 0.0533 e. The lowest BCUT2D eigenvalue weighted by Crippen LogP contribution is -2.12. The van der Waals surface area contributed by atoms with Crippen LogP contribution in [-0.4, -0.2) is 9.78 Å². The molecule has 0 bridgehead atoms. The molecule has 0 amide bonds. The second kappa shape index (κ2) is 5.54. The lowest BCUT2D eigenvalue weighted by Gasteiger charge is -2.16. The van der Waals surface area contributed by atoms with Gasteiger partial charge in [-0.3, -0.25) is 4.68 Å². The van der Waals surface area contributed by atoms with Crippen molar-refractivity contribution in [2.75, 3.05) is 0 Å². The molecule has 0 atom stereocenters. The van der Waals surface area contributed by atoms with Crippen molar-refractivity contribution in [3.63, 3.8) is 0 Å². The van der Waals surface area contributed by atoms with E-state index in [4.69, 9.17) is 0 Å². The number of hydrogen-bond acceptors (Lipinski definition) is 1. The second-order valence-corrected chi connectivity index (χ2v) is 4.08. The fourth-order valence-electron chi connectivity index (χ4n) is 1.87. The summed E-state index contributed by atoms with van der Waals surface area (Å²) in [4.78, 5) is 0. The first-order valence-corrected chi connectivity index (χ1v) is 6.51. The molecule has 1 aromatic rings. The first-order valence-electron chi connectivity index (χ1n) is 5.39. The van der Waals surface area contributed by atoms with Gasteiger partial charge in [-0.15, -0.1) is 0 Å². The average Bonchev–Trinajstić information content (AvgIpc) is 2.62. The molecule has 0 aliphatic rings. The first kappa shape index (κ1) is 11.8. The third-order valence-corrected chi connectivity index (χ3v) is 3.36. The fraction of sp³-hybridized carbons (Fsp3) is 0.727. The molecule has 0 saturated heterocycles. The number of halogens is 1. The Hall–Kier alpha value is -0.310. The molecule has 2 nitrogen and oxygen atoms in total. The van der Waals surface area contributed by atoms with Crippen LogP contribution in [0.2, 0.25) is 0 Å². The normalized spacial score (nSPS) is 11.2. The topological polar surface area (TPSA) is 17.8 Å². The fourth-order valence-corrected chi connectivity index (χ4v) is 2.34. The Balaban J connectivity index is 3.01. The lowest BCUT2D eigenvalue weighted by atomic mass is 10.1. The molecule has 1 aromatic heterocycles. The van der Waals surface area contributed by atoms with E-state index in [-0.39, 0.29) is 0 Å². The molecule has 0 aliphatic carbocycles. The van der Waals surface area contributed by atoms with Gasteiger partial charge in [0, 0.05) is 16.6 Å². The summed E-state index contributed by atoms with van der Waals surface area (Å²) >= 11 is 3.50. The van der Waals surface area contributed by atoms with Crippen molar-refractivity contribution >= 4 is 15.9 Å². The maximum absolute atomic E-state index is 4.49. The average molecular weight is 259 g/mol. The third-order valence-electron chi connectivity index (χ3n) is 2.75. The lowest BCUT2D eigenvalue weighted by molar-refractivity contribution is 0.415. The first-order chi connectivity index (χ1) is 6.78. The van der Waals surface area contributed by atoms with Gasteiger partial charge in [0.25, 0.3) is 0 Å². The van der Waals surface area contributed by atoms with Crippen LogP contribution in [0.1, 0.15) is 50.9 Å². The number of alkyl halides is 1. The SMILES string of the molecule is CCc1c(CBr)cnn1C(CC)CC. The molecule has 0 fully saturated rings. The highest BCUT2D eigenvalue weighted by molar-refractivity contribution is 9.08. The van der Waals surface area contributed by atoms with Crippen LogP contribution in [0.5, 0.6) is 0 Å². The zero-order valence-electron chi connectivity index (χ0n) is 9.26. The van der Waals surface area contributed by atoms with E-state index in [2.05, 4.69) is 46.5 Å². The monoisotopic (exact) mass is 258 g/mol. The van der Waals surface area contributed by atoms with Crippen molar-refractivity contribution in [1.29, 1.82) is 0 Å². The number of hydrogen-bond donors (Lipinski definition) is 0. The van der Waals surface area contributed by atoms with E-state index in [9.17, 15) is 0 Å². The Labute approximate surface area is 94.8 Å². The zero-order chi connectivity index (χ0) is 10.6. The van der Waals surface area contributed by atoms with Gasteiger partial charge >= 0.3 is 0 Å². The molecule has 0 radical (unpaired) electrons. The smallest absolute Gasteiger partial charge is 0.0533 e. The number of aromatic nitrogens is 2. The van der Waals surface area contributed by atoms with Crippen LogP contribution >= 0.6 is 15.9 Å². The molecular formula is C11H19BrN2. The van der Waals surface area contributed by atoms with E-state index < -0.39 is 0 Å². The molecule has 1 rings (SSSR count). The summed E-state index contributed by atoms with van der Waals surface area (Å²) in [5.74, 6) is 0. The maximum atomic E-state index is 4.49. The number of nitrogens with zero attached hydrogens (tertiary/aromatic N) is 2. The summed E-state index contributed by atoms with van der Waals surface area (Å²) in [6, 6.07) is 0.567. The Bertz CT molecular complexity index is 277. The van der Waals surface area contributed by atoms with E-state index in [1.807, 2.05) is 6.20 Å². The molecule has 0 spiro atoms. The molecule has 0 saturated carbocycles. The van der Waals surface area contributed by atoms with Crippen LogP contribution in [0.25, 0.3) is 0 Å². The van der Waals surface area contributed by atoms with Crippen LogP contribution in [0.3, 0.4) is 0 Å². The summed E-state index contributed by atoms with van der Waals surface area (Å²) in [5.41, 5.74) is 2.72. The Morgan fingerprint density at radius 2 is 2.00 bits per heavy atom. The summed E-state index contributed by atoms with van der Waals surface area (Å²) in [6.45, 7) is 6.65. The Morgan fingerprint density at radius 3 is 2.43 bits per heavy atom. The molecule has 1 heterocycles. The van der Waals surface area contributed by atoms with Gasteiger partial charge in [-0.05, 0) is 19.3 Å². The minimum Gasteiger partial charge on any atom is -0.266 e. The van der Waals surface area contributed by atoms with Crippen LogP contribution in [-0.2, 0) is 11.8 Å². The van der Waals surface area contributed by atoms with Crippen LogP contribution < -0.4 is 0 Å². The van der Waals surface area contributed by atoms with Gasteiger partial charge in [-0.1, -0.05) is 36.7 Å². The van der Waals surface area contributed by atoms with Crippen molar-refractivity contribution in [3.8, 4) is 0 Å². The van der Waals surface area contributed by atoms with Crippen LogP contribution in [0.15, 0.2) is 6.20 Å². The molecule has 3 heteroatoms. The quantitative estimate of drug-likeness (QED) is 0.737. The van der Waals surface area contributed by atoms with E-state index in [1.54, 1.807) is 0 Å². The van der Waals surface area contributed by atoms with Gasteiger partial charge in [-0.25, -0.2) is 0 Å². The van der Waals surface area contributed by atoms with Gasteiger partial charge in [0.2, 0.25) is 0 Å².